The Balaban J connectivity index is 1.89. The first-order chi connectivity index (χ1) is 13.6. The topological polar surface area (TPSA) is 67.9 Å². The number of piperidine rings is 1. The van der Waals surface area contributed by atoms with Gasteiger partial charge in [-0.05, 0) is 36.5 Å². The van der Waals surface area contributed by atoms with Crippen LogP contribution in [0.15, 0.2) is 24.3 Å². The van der Waals surface area contributed by atoms with Gasteiger partial charge in [0, 0.05) is 19.0 Å². The molecule has 0 saturated carbocycles. The van der Waals surface area contributed by atoms with E-state index in [4.69, 9.17) is 4.74 Å². The number of benzene rings is 1. The van der Waals surface area contributed by atoms with E-state index in [1.54, 1.807) is 7.11 Å². The Hall–Kier alpha value is -2.45. The number of nitrogens with one attached hydrogen (secondary N) is 1. The molecule has 6 nitrogen and oxygen atoms in total. The lowest BCUT2D eigenvalue weighted by Gasteiger charge is -2.32. The van der Waals surface area contributed by atoms with Crippen LogP contribution in [0.4, 0.5) is 18.0 Å². The van der Waals surface area contributed by atoms with Crippen molar-refractivity contribution in [1.82, 2.24) is 10.2 Å². The standard InChI is InChI=1S/C20H27F3N2O4/c1-13(2)17(14-4-6-16(28-3)7-5-14)24-18(26)15-8-10-25(11-9-15)19(27)29-12-20(21,22)23/h4-7,13,15,17H,8-12H2,1-3H3,(H,24,26)/t17-/m0/s1. The van der Waals surface area contributed by atoms with E-state index in [1.807, 2.05) is 38.1 Å². The molecule has 1 saturated heterocycles. The maximum atomic E-state index is 12.7. The number of nitrogens with zero attached hydrogens (tertiary/aromatic N) is 1. The first-order valence-electron chi connectivity index (χ1n) is 9.53. The number of ether oxygens (including phenoxy) is 2. The minimum absolute atomic E-state index is 0.122. The second kappa shape index (κ2) is 9.84. The zero-order chi connectivity index (χ0) is 21.6. The number of hydrogen-bond acceptors (Lipinski definition) is 4. The molecule has 9 heteroatoms. The lowest BCUT2D eigenvalue weighted by atomic mass is 9.92. The van der Waals surface area contributed by atoms with E-state index in [9.17, 15) is 22.8 Å². The van der Waals surface area contributed by atoms with E-state index in [2.05, 4.69) is 10.1 Å². The highest BCUT2D eigenvalue weighted by atomic mass is 19.4. The fraction of sp³-hybridized carbons (Fsp3) is 0.600. The van der Waals surface area contributed by atoms with Gasteiger partial charge in [0.05, 0.1) is 13.2 Å². The van der Waals surface area contributed by atoms with Crippen LogP contribution >= 0.6 is 0 Å². The number of amides is 2. The summed E-state index contributed by atoms with van der Waals surface area (Å²) in [5.74, 6) is 0.459. The van der Waals surface area contributed by atoms with Crippen LogP contribution in [-0.2, 0) is 9.53 Å². The quantitative estimate of drug-likeness (QED) is 0.763. The van der Waals surface area contributed by atoms with E-state index in [-0.39, 0.29) is 36.9 Å². The smallest absolute Gasteiger partial charge is 0.422 e. The summed E-state index contributed by atoms with van der Waals surface area (Å²) in [5, 5.41) is 3.07. The van der Waals surface area contributed by atoms with E-state index >= 15 is 0 Å². The predicted octanol–water partition coefficient (Wildman–Crippen LogP) is 3.92. The van der Waals surface area contributed by atoms with Gasteiger partial charge in [-0.1, -0.05) is 26.0 Å². The largest absolute Gasteiger partial charge is 0.497 e. The SMILES string of the molecule is COc1ccc([C@@H](NC(=O)C2CCN(C(=O)OCC(F)(F)F)CC2)C(C)C)cc1. The van der Waals surface area contributed by atoms with Crippen molar-refractivity contribution in [1.29, 1.82) is 0 Å². The molecule has 1 fully saturated rings. The van der Waals surface area contributed by atoms with Gasteiger partial charge in [0.1, 0.15) is 5.75 Å². The summed E-state index contributed by atoms with van der Waals surface area (Å²) in [6.45, 7) is 2.78. The number of halogens is 3. The highest BCUT2D eigenvalue weighted by molar-refractivity contribution is 5.79. The molecule has 2 rings (SSSR count). The van der Waals surface area contributed by atoms with Crippen molar-refractivity contribution in [2.75, 3.05) is 26.8 Å². The number of alkyl halides is 3. The maximum Gasteiger partial charge on any atom is 0.422 e. The van der Waals surface area contributed by atoms with Crippen LogP contribution in [0, 0.1) is 11.8 Å². The van der Waals surface area contributed by atoms with Gasteiger partial charge in [-0.3, -0.25) is 4.79 Å². The van der Waals surface area contributed by atoms with Crippen molar-refractivity contribution in [2.24, 2.45) is 11.8 Å². The summed E-state index contributed by atoms with van der Waals surface area (Å²) in [7, 11) is 1.59. The fourth-order valence-electron chi connectivity index (χ4n) is 3.28. The Morgan fingerprint density at radius 2 is 1.76 bits per heavy atom. The second-order valence-electron chi connectivity index (χ2n) is 7.43. The lowest BCUT2D eigenvalue weighted by molar-refractivity contribution is -0.162. The normalized spacial score (nSPS) is 16.4. The number of likely N-dealkylation sites (tertiary alicyclic amines) is 1. The number of carbonyl (C=O) groups excluding carboxylic acids is 2. The third-order valence-corrected chi connectivity index (χ3v) is 4.92. The zero-order valence-electron chi connectivity index (χ0n) is 16.8. The molecule has 0 bridgehead atoms. The van der Waals surface area contributed by atoms with Gasteiger partial charge in [0.25, 0.3) is 0 Å². The van der Waals surface area contributed by atoms with Gasteiger partial charge in [0.2, 0.25) is 5.91 Å². The van der Waals surface area contributed by atoms with Gasteiger partial charge in [0.15, 0.2) is 6.61 Å². The number of rotatable bonds is 6. The van der Waals surface area contributed by atoms with Crippen molar-refractivity contribution in [3.63, 3.8) is 0 Å². The van der Waals surface area contributed by atoms with Gasteiger partial charge in [-0.25, -0.2) is 4.79 Å². The highest BCUT2D eigenvalue weighted by Crippen LogP contribution is 2.26. The minimum Gasteiger partial charge on any atom is -0.497 e. The third kappa shape index (κ3) is 6.83. The molecule has 1 heterocycles. The Labute approximate surface area is 168 Å². The monoisotopic (exact) mass is 416 g/mol. The highest BCUT2D eigenvalue weighted by Gasteiger charge is 2.33. The molecule has 1 atom stereocenters. The molecule has 1 aromatic rings. The summed E-state index contributed by atoms with van der Waals surface area (Å²) in [6, 6.07) is 7.30. The Morgan fingerprint density at radius 1 is 1.17 bits per heavy atom. The van der Waals surface area contributed by atoms with E-state index in [0.717, 1.165) is 11.3 Å². The van der Waals surface area contributed by atoms with E-state index in [0.29, 0.717) is 12.8 Å². The molecular weight excluding hydrogens is 389 g/mol. The lowest BCUT2D eigenvalue weighted by Crippen LogP contribution is -2.45. The molecule has 1 N–H and O–H groups in total. The molecule has 1 aliphatic rings. The predicted molar refractivity (Wildman–Crippen MR) is 100 cm³/mol. The first kappa shape index (κ1) is 22.8. The molecule has 0 aromatic heterocycles. The minimum atomic E-state index is -4.55. The van der Waals surface area contributed by atoms with Gasteiger partial charge in [-0.2, -0.15) is 13.2 Å². The van der Waals surface area contributed by atoms with Gasteiger partial charge >= 0.3 is 12.3 Å². The number of methoxy groups -OCH3 is 1. The first-order valence-corrected chi connectivity index (χ1v) is 9.53. The van der Waals surface area contributed by atoms with Crippen LogP contribution in [0.5, 0.6) is 5.75 Å². The zero-order valence-corrected chi connectivity index (χ0v) is 16.8. The third-order valence-electron chi connectivity index (χ3n) is 4.92. The van der Waals surface area contributed by atoms with Crippen molar-refractivity contribution in [3.05, 3.63) is 29.8 Å². The summed E-state index contributed by atoms with van der Waals surface area (Å²) in [5.41, 5.74) is 0.960. The summed E-state index contributed by atoms with van der Waals surface area (Å²) >= 11 is 0. The second-order valence-corrected chi connectivity index (χ2v) is 7.43. The average Bonchev–Trinajstić information content (AvgIpc) is 2.69. The van der Waals surface area contributed by atoms with Crippen LogP contribution < -0.4 is 10.1 Å². The average molecular weight is 416 g/mol. The maximum absolute atomic E-state index is 12.7. The fourth-order valence-corrected chi connectivity index (χ4v) is 3.28. The Kier molecular flexibility index (Phi) is 7.75. The molecule has 0 aliphatic carbocycles. The van der Waals surface area contributed by atoms with Crippen molar-refractivity contribution >= 4 is 12.0 Å². The molecule has 29 heavy (non-hydrogen) atoms. The molecule has 2 amide bonds. The van der Waals surface area contributed by atoms with E-state index in [1.165, 1.54) is 4.90 Å². The molecule has 1 aliphatic heterocycles. The van der Waals surface area contributed by atoms with Crippen LogP contribution in [-0.4, -0.2) is 49.9 Å². The molecule has 0 radical (unpaired) electrons. The number of hydrogen-bond donors (Lipinski definition) is 1. The Bertz CT molecular complexity index is 684. The van der Waals surface area contributed by atoms with Crippen LogP contribution in [0.3, 0.4) is 0 Å². The van der Waals surface area contributed by atoms with Crippen molar-refractivity contribution < 1.29 is 32.2 Å². The molecule has 0 spiro atoms. The summed E-state index contributed by atoms with van der Waals surface area (Å²) < 4.78 is 45.9. The summed E-state index contributed by atoms with van der Waals surface area (Å²) in [4.78, 5) is 25.6. The van der Waals surface area contributed by atoms with E-state index < -0.39 is 18.9 Å². The number of carbonyl (C=O) groups is 2. The van der Waals surface area contributed by atoms with Crippen LogP contribution in [0.25, 0.3) is 0 Å². The molecule has 0 unspecified atom stereocenters. The van der Waals surface area contributed by atoms with Crippen molar-refractivity contribution in [2.45, 2.75) is 38.9 Å². The van der Waals surface area contributed by atoms with Crippen molar-refractivity contribution in [3.8, 4) is 5.75 Å². The van der Waals surface area contributed by atoms with Gasteiger partial charge in [-0.15, -0.1) is 0 Å². The molecule has 1 aromatic carbocycles. The molecular formula is C20H27F3N2O4. The van der Waals surface area contributed by atoms with Gasteiger partial charge < -0.3 is 19.7 Å². The molecule has 162 valence electrons. The van der Waals surface area contributed by atoms with Crippen LogP contribution in [0.1, 0.15) is 38.3 Å². The van der Waals surface area contributed by atoms with Crippen LogP contribution in [0.2, 0.25) is 0 Å². The Morgan fingerprint density at radius 3 is 2.24 bits per heavy atom. The summed E-state index contributed by atoms with van der Waals surface area (Å²) in [6.07, 6.45) is -4.80.